The molecule has 0 spiro atoms. The topological polar surface area (TPSA) is 67.9 Å². The number of carbonyl (C=O) groups is 2. The molecule has 1 atom stereocenters. The highest BCUT2D eigenvalue weighted by atomic mass is 32.1. The fourth-order valence-corrected chi connectivity index (χ4v) is 5.72. The number of likely N-dealkylation sites (tertiary alicyclic amines) is 1. The highest BCUT2D eigenvalue weighted by Crippen LogP contribution is 2.31. The maximum absolute atomic E-state index is 13.3. The lowest BCUT2D eigenvalue weighted by Crippen LogP contribution is -2.58. The van der Waals surface area contributed by atoms with Crippen LogP contribution in [0.15, 0.2) is 24.3 Å². The molecule has 1 aliphatic carbocycles. The maximum atomic E-state index is 13.3. The monoisotopic (exact) mass is 489 g/mol. The molecule has 0 radical (unpaired) electrons. The molecule has 2 aliphatic heterocycles. The lowest BCUT2D eigenvalue weighted by Gasteiger charge is -2.41. The van der Waals surface area contributed by atoms with E-state index in [4.69, 9.17) is 12.2 Å². The molecule has 4 rings (SSSR count). The number of anilines is 1. The van der Waals surface area contributed by atoms with E-state index in [0.29, 0.717) is 24.0 Å². The van der Waals surface area contributed by atoms with Crippen molar-refractivity contribution in [2.24, 2.45) is 5.92 Å². The number of benzene rings is 1. The van der Waals surface area contributed by atoms with Crippen LogP contribution >= 0.6 is 12.2 Å². The number of hydrogen-bond acceptors (Lipinski definition) is 4. The molecule has 3 fully saturated rings. The molecule has 186 valence electrons. The van der Waals surface area contributed by atoms with Gasteiger partial charge < -0.3 is 20.4 Å². The Hall–Kier alpha value is -2.26. The molecule has 1 aromatic rings. The molecule has 0 unspecified atom stereocenters. The number of hydrogen-bond donors (Lipinski definition) is 2. The minimum absolute atomic E-state index is 0.100. The molecule has 2 saturated heterocycles. The van der Waals surface area contributed by atoms with E-state index < -0.39 is 0 Å². The van der Waals surface area contributed by atoms with Gasteiger partial charge in [0.1, 0.15) is 5.82 Å². The van der Waals surface area contributed by atoms with Crippen molar-refractivity contribution in [3.63, 3.8) is 0 Å². The van der Waals surface area contributed by atoms with Gasteiger partial charge in [-0.1, -0.05) is 12.8 Å². The van der Waals surface area contributed by atoms with Crippen molar-refractivity contribution in [2.45, 2.75) is 51.0 Å². The fraction of sp³-hybridized carbons (Fsp3) is 0.640. The average molecular weight is 490 g/mol. The van der Waals surface area contributed by atoms with Crippen LogP contribution in [0.25, 0.3) is 0 Å². The number of rotatable bonds is 8. The average Bonchev–Trinajstić information content (AvgIpc) is 3.51. The molecule has 9 heteroatoms. The Bertz CT molecular complexity index is 853. The first-order valence-electron chi connectivity index (χ1n) is 12.6. The van der Waals surface area contributed by atoms with E-state index in [-0.39, 0.29) is 23.7 Å². The van der Waals surface area contributed by atoms with Crippen molar-refractivity contribution >= 4 is 34.8 Å². The smallest absolute Gasteiger partial charge is 0.237 e. The molecule has 3 aliphatic rings. The van der Waals surface area contributed by atoms with E-state index in [2.05, 4.69) is 20.4 Å². The normalized spacial score (nSPS) is 20.6. The van der Waals surface area contributed by atoms with Crippen molar-refractivity contribution in [3.05, 3.63) is 30.1 Å². The van der Waals surface area contributed by atoms with Crippen molar-refractivity contribution in [1.29, 1.82) is 0 Å². The highest BCUT2D eigenvalue weighted by Gasteiger charge is 2.37. The molecule has 0 bridgehead atoms. The van der Waals surface area contributed by atoms with Crippen molar-refractivity contribution < 1.29 is 14.0 Å². The number of piperazine rings is 1. The summed E-state index contributed by atoms with van der Waals surface area (Å²) in [4.78, 5) is 31.4. The Morgan fingerprint density at radius 1 is 1.06 bits per heavy atom. The zero-order chi connectivity index (χ0) is 23.9. The SMILES string of the molecule is O=C(NCCCN1CCCC1=O)[C@@H](C1CCCC1)N1CCN(C(=S)Nc2ccc(F)cc2)CC1. The first kappa shape index (κ1) is 24.9. The lowest BCUT2D eigenvalue weighted by molar-refractivity contribution is -0.129. The summed E-state index contributed by atoms with van der Waals surface area (Å²) in [6.45, 7) is 5.24. The molecule has 1 aromatic carbocycles. The summed E-state index contributed by atoms with van der Waals surface area (Å²) in [5.74, 6) is 0.488. The predicted octanol–water partition coefficient (Wildman–Crippen LogP) is 2.83. The number of nitrogens with zero attached hydrogens (tertiary/aromatic N) is 3. The minimum Gasteiger partial charge on any atom is -0.355 e. The first-order chi connectivity index (χ1) is 16.5. The summed E-state index contributed by atoms with van der Waals surface area (Å²) in [6.07, 6.45) is 6.99. The second-order valence-electron chi connectivity index (χ2n) is 9.58. The standard InChI is InChI=1S/C25H36FN5O2S/c26-20-8-10-21(11-9-20)28-25(34)31-17-15-30(16-18-31)23(19-5-1-2-6-19)24(33)27-12-4-14-29-13-3-7-22(29)32/h8-11,19,23H,1-7,12-18H2,(H,27,33)(H,28,34)/t23-/m1/s1. The van der Waals surface area contributed by atoms with Gasteiger partial charge in [-0.25, -0.2) is 4.39 Å². The molecule has 1 saturated carbocycles. The first-order valence-corrected chi connectivity index (χ1v) is 13.0. The molecule has 2 heterocycles. The van der Waals surface area contributed by atoms with Gasteiger partial charge >= 0.3 is 0 Å². The van der Waals surface area contributed by atoms with E-state index >= 15 is 0 Å². The van der Waals surface area contributed by atoms with Crippen LogP contribution in [0, 0.1) is 11.7 Å². The van der Waals surface area contributed by atoms with Crippen LogP contribution < -0.4 is 10.6 Å². The van der Waals surface area contributed by atoms with Crippen LogP contribution in [0.3, 0.4) is 0 Å². The zero-order valence-corrected chi connectivity index (χ0v) is 20.6. The molecular weight excluding hydrogens is 453 g/mol. The minimum atomic E-state index is -0.272. The number of nitrogens with one attached hydrogen (secondary N) is 2. The molecule has 7 nitrogen and oxygen atoms in total. The Morgan fingerprint density at radius 2 is 1.76 bits per heavy atom. The van der Waals surface area contributed by atoms with Crippen LogP contribution in [-0.4, -0.2) is 83.5 Å². The second kappa shape index (κ2) is 11.9. The molecule has 2 N–H and O–H groups in total. The van der Waals surface area contributed by atoms with E-state index in [1.807, 2.05) is 4.90 Å². The van der Waals surface area contributed by atoms with Crippen LogP contribution in [0.1, 0.15) is 44.9 Å². The predicted molar refractivity (Wildman–Crippen MR) is 135 cm³/mol. The van der Waals surface area contributed by atoms with Gasteiger partial charge in [0.2, 0.25) is 11.8 Å². The van der Waals surface area contributed by atoms with Crippen LogP contribution in [0.4, 0.5) is 10.1 Å². The third-order valence-electron chi connectivity index (χ3n) is 7.28. The van der Waals surface area contributed by atoms with Gasteiger partial charge in [0, 0.05) is 57.9 Å². The summed E-state index contributed by atoms with van der Waals surface area (Å²) in [6, 6.07) is 6.08. The van der Waals surface area contributed by atoms with Crippen molar-refractivity contribution in [1.82, 2.24) is 20.0 Å². The Labute approximate surface area is 207 Å². The summed E-state index contributed by atoms with van der Waals surface area (Å²) < 4.78 is 13.1. The van der Waals surface area contributed by atoms with Crippen molar-refractivity contribution in [3.8, 4) is 0 Å². The van der Waals surface area contributed by atoms with Gasteiger partial charge in [0.15, 0.2) is 5.11 Å². The zero-order valence-electron chi connectivity index (χ0n) is 19.8. The molecule has 34 heavy (non-hydrogen) atoms. The van der Waals surface area contributed by atoms with Crippen LogP contribution in [0.2, 0.25) is 0 Å². The molecule has 2 amide bonds. The maximum Gasteiger partial charge on any atom is 0.237 e. The second-order valence-corrected chi connectivity index (χ2v) is 9.97. The van der Waals surface area contributed by atoms with Crippen molar-refractivity contribution in [2.75, 3.05) is 51.1 Å². The van der Waals surface area contributed by atoms with Gasteiger partial charge in [-0.15, -0.1) is 0 Å². The van der Waals surface area contributed by atoms with Crippen LogP contribution in [0.5, 0.6) is 0 Å². The Morgan fingerprint density at radius 3 is 2.41 bits per heavy atom. The van der Waals surface area contributed by atoms with Gasteiger partial charge in [-0.2, -0.15) is 0 Å². The number of thiocarbonyl (C=S) groups is 1. The summed E-state index contributed by atoms with van der Waals surface area (Å²) >= 11 is 5.57. The fourth-order valence-electron chi connectivity index (χ4n) is 5.42. The third kappa shape index (κ3) is 6.44. The molecular formula is C25H36FN5O2S. The van der Waals surface area contributed by atoms with Gasteiger partial charge in [-0.3, -0.25) is 14.5 Å². The van der Waals surface area contributed by atoms with Gasteiger partial charge in [-0.05, 0) is 68.1 Å². The Balaban J connectivity index is 1.26. The summed E-state index contributed by atoms with van der Waals surface area (Å²) in [5, 5.41) is 6.98. The Kier molecular flexibility index (Phi) is 8.72. The highest BCUT2D eigenvalue weighted by molar-refractivity contribution is 7.80. The summed E-state index contributed by atoms with van der Waals surface area (Å²) in [5.41, 5.74) is 0.771. The molecule has 0 aromatic heterocycles. The van der Waals surface area contributed by atoms with E-state index in [0.717, 1.165) is 70.6 Å². The van der Waals surface area contributed by atoms with Gasteiger partial charge in [0.05, 0.1) is 6.04 Å². The summed E-state index contributed by atoms with van der Waals surface area (Å²) in [7, 11) is 0. The van der Waals surface area contributed by atoms with Crippen LogP contribution in [-0.2, 0) is 9.59 Å². The van der Waals surface area contributed by atoms with E-state index in [1.165, 1.54) is 25.0 Å². The third-order valence-corrected chi connectivity index (χ3v) is 7.64. The van der Waals surface area contributed by atoms with E-state index in [1.54, 1.807) is 12.1 Å². The van der Waals surface area contributed by atoms with Gasteiger partial charge in [0.25, 0.3) is 0 Å². The van der Waals surface area contributed by atoms with E-state index in [9.17, 15) is 14.0 Å². The largest absolute Gasteiger partial charge is 0.355 e. The quantitative estimate of drug-likeness (QED) is 0.432. The number of amides is 2. The number of carbonyl (C=O) groups excluding carboxylic acids is 2. The number of halogens is 1. The lowest BCUT2D eigenvalue weighted by atomic mass is 9.95.